The molecule has 0 atom stereocenters. The molecule has 1 spiro atoms. The number of likely N-dealkylation sites (N-methyl/N-ethyl adjacent to an activating group) is 1. The van der Waals surface area contributed by atoms with Crippen LogP contribution in [0.15, 0.2) is 23.1 Å². The standard InChI is InChI=1S/C19H25N3O5S/c1-20-6-8-21(9-7-20)28(24,25)15-4-5-17-16(12-15)19(26-10-11-27-19)18(23)22(17)13-14-2-3-14/h4-5,12,14H,2-3,6-11,13H2,1H3. The van der Waals surface area contributed by atoms with Gasteiger partial charge in [-0.05, 0) is 44.0 Å². The Bertz CT molecular complexity index is 900. The molecule has 0 N–H and O–H groups in total. The van der Waals surface area contributed by atoms with Gasteiger partial charge in [0.15, 0.2) is 0 Å². The normalized spacial score (nSPS) is 25.6. The van der Waals surface area contributed by atoms with Crippen LogP contribution in [0.1, 0.15) is 18.4 Å². The van der Waals surface area contributed by atoms with Crippen molar-refractivity contribution in [2.45, 2.75) is 23.5 Å². The molecule has 9 heteroatoms. The van der Waals surface area contributed by atoms with Crippen LogP contribution in [0.3, 0.4) is 0 Å². The van der Waals surface area contributed by atoms with Gasteiger partial charge in [-0.3, -0.25) is 4.79 Å². The molecule has 5 rings (SSSR count). The van der Waals surface area contributed by atoms with Gasteiger partial charge >= 0.3 is 0 Å². The Morgan fingerprint density at radius 2 is 1.79 bits per heavy atom. The summed E-state index contributed by atoms with van der Waals surface area (Å²) in [6.45, 7) is 3.59. The molecule has 2 saturated heterocycles. The first-order valence-corrected chi connectivity index (χ1v) is 11.3. The molecule has 3 heterocycles. The Hall–Kier alpha value is -1.52. The van der Waals surface area contributed by atoms with Crippen LogP contribution in [0.5, 0.6) is 0 Å². The number of hydrogen-bond donors (Lipinski definition) is 0. The zero-order valence-corrected chi connectivity index (χ0v) is 16.8. The van der Waals surface area contributed by atoms with Crippen LogP contribution in [0.2, 0.25) is 0 Å². The number of piperazine rings is 1. The Labute approximate surface area is 165 Å². The summed E-state index contributed by atoms with van der Waals surface area (Å²) < 4.78 is 39.4. The van der Waals surface area contributed by atoms with E-state index in [1.54, 1.807) is 23.1 Å². The first kappa shape index (κ1) is 18.5. The largest absolute Gasteiger partial charge is 0.336 e. The number of hydrogen-bond acceptors (Lipinski definition) is 6. The van der Waals surface area contributed by atoms with Crippen LogP contribution >= 0.6 is 0 Å². The second kappa shape index (κ2) is 6.50. The number of amides is 1. The highest BCUT2D eigenvalue weighted by atomic mass is 32.2. The molecular weight excluding hydrogens is 382 g/mol. The van der Waals surface area contributed by atoms with Gasteiger partial charge in [0.1, 0.15) is 0 Å². The molecule has 3 aliphatic heterocycles. The van der Waals surface area contributed by atoms with Gasteiger partial charge in [-0.1, -0.05) is 0 Å². The molecule has 4 aliphatic rings. The van der Waals surface area contributed by atoms with Crippen molar-refractivity contribution in [3.63, 3.8) is 0 Å². The summed E-state index contributed by atoms with van der Waals surface area (Å²) in [5.74, 6) is -1.22. The lowest BCUT2D eigenvalue weighted by atomic mass is 10.1. The van der Waals surface area contributed by atoms with E-state index in [0.717, 1.165) is 12.8 Å². The van der Waals surface area contributed by atoms with Gasteiger partial charge in [0.2, 0.25) is 10.0 Å². The summed E-state index contributed by atoms with van der Waals surface area (Å²) in [5.41, 5.74) is 1.22. The maximum absolute atomic E-state index is 13.2. The molecule has 0 aromatic heterocycles. The predicted octanol–water partition coefficient (Wildman–Crippen LogP) is 0.579. The minimum Gasteiger partial charge on any atom is -0.336 e. The average molecular weight is 407 g/mol. The fourth-order valence-electron chi connectivity index (χ4n) is 4.19. The van der Waals surface area contributed by atoms with E-state index in [2.05, 4.69) is 4.90 Å². The summed E-state index contributed by atoms with van der Waals surface area (Å²) >= 11 is 0. The third kappa shape index (κ3) is 2.80. The first-order chi connectivity index (χ1) is 13.4. The summed E-state index contributed by atoms with van der Waals surface area (Å²) in [6, 6.07) is 4.92. The van der Waals surface area contributed by atoms with Crippen LogP contribution in [0.4, 0.5) is 5.69 Å². The lowest BCUT2D eigenvalue weighted by molar-refractivity contribution is -0.180. The lowest BCUT2D eigenvalue weighted by Crippen LogP contribution is -2.47. The zero-order valence-electron chi connectivity index (χ0n) is 16.0. The van der Waals surface area contributed by atoms with Gasteiger partial charge in [0, 0.05) is 38.3 Å². The van der Waals surface area contributed by atoms with Gasteiger partial charge in [-0.25, -0.2) is 8.42 Å². The van der Waals surface area contributed by atoms with Crippen molar-refractivity contribution < 1.29 is 22.7 Å². The molecule has 1 aliphatic carbocycles. The van der Waals surface area contributed by atoms with Crippen molar-refractivity contribution in [2.75, 3.05) is 57.9 Å². The van der Waals surface area contributed by atoms with E-state index >= 15 is 0 Å². The summed E-state index contributed by atoms with van der Waals surface area (Å²) in [4.78, 5) is 17.2. The van der Waals surface area contributed by atoms with E-state index < -0.39 is 15.8 Å². The number of fused-ring (bicyclic) bond motifs is 2. The number of ether oxygens (including phenoxy) is 2. The van der Waals surface area contributed by atoms with Crippen molar-refractivity contribution >= 4 is 21.6 Å². The minimum absolute atomic E-state index is 0.190. The number of rotatable bonds is 4. The molecule has 152 valence electrons. The van der Waals surface area contributed by atoms with Crippen molar-refractivity contribution in [2.24, 2.45) is 5.92 Å². The quantitative estimate of drug-likeness (QED) is 0.727. The molecule has 0 radical (unpaired) electrons. The number of anilines is 1. The maximum atomic E-state index is 13.2. The Morgan fingerprint density at radius 3 is 2.43 bits per heavy atom. The van der Waals surface area contributed by atoms with E-state index in [9.17, 15) is 13.2 Å². The minimum atomic E-state index is -3.63. The average Bonchev–Trinajstić information content (AvgIpc) is 3.32. The third-order valence-electron chi connectivity index (χ3n) is 6.07. The molecule has 1 aromatic carbocycles. The van der Waals surface area contributed by atoms with Crippen LogP contribution < -0.4 is 4.90 Å². The summed E-state index contributed by atoms with van der Waals surface area (Å²) in [6.07, 6.45) is 2.23. The molecule has 8 nitrogen and oxygen atoms in total. The van der Waals surface area contributed by atoms with Gasteiger partial charge in [0.05, 0.1) is 23.8 Å². The van der Waals surface area contributed by atoms with E-state index in [1.807, 2.05) is 7.05 Å². The van der Waals surface area contributed by atoms with Crippen LogP contribution in [-0.2, 0) is 30.1 Å². The highest BCUT2D eigenvalue weighted by molar-refractivity contribution is 7.89. The Balaban J connectivity index is 1.53. The third-order valence-corrected chi connectivity index (χ3v) is 7.97. The highest BCUT2D eigenvalue weighted by Crippen LogP contribution is 2.48. The zero-order chi connectivity index (χ0) is 19.5. The van der Waals surface area contributed by atoms with Gasteiger partial charge in [-0.15, -0.1) is 0 Å². The van der Waals surface area contributed by atoms with Crippen molar-refractivity contribution in [3.8, 4) is 0 Å². The fourth-order valence-corrected chi connectivity index (χ4v) is 5.63. The van der Waals surface area contributed by atoms with Gasteiger partial charge in [0.25, 0.3) is 11.7 Å². The molecular formula is C19H25N3O5S. The molecule has 0 unspecified atom stereocenters. The topological polar surface area (TPSA) is 79.4 Å². The number of nitrogens with zero attached hydrogens (tertiary/aromatic N) is 3. The first-order valence-electron chi connectivity index (χ1n) is 9.85. The van der Waals surface area contributed by atoms with Crippen LogP contribution in [0.25, 0.3) is 0 Å². The monoisotopic (exact) mass is 407 g/mol. The molecule has 3 fully saturated rings. The Kier molecular flexibility index (Phi) is 4.29. The molecule has 1 amide bonds. The molecule has 1 saturated carbocycles. The number of benzene rings is 1. The van der Waals surface area contributed by atoms with Crippen LogP contribution in [-0.4, -0.2) is 76.5 Å². The highest BCUT2D eigenvalue weighted by Gasteiger charge is 2.57. The van der Waals surface area contributed by atoms with Gasteiger partial charge in [-0.2, -0.15) is 4.31 Å². The van der Waals surface area contributed by atoms with Crippen LogP contribution in [0, 0.1) is 5.92 Å². The number of carbonyl (C=O) groups is 1. The summed E-state index contributed by atoms with van der Waals surface area (Å²) in [7, 11) is -1.65. The Morgan fingerprint density at radius 1 is 1.11 bits per heavy atom. The van der Waals surface area contributed by atoms with Crippen molar-refractivity contribution in [1.29, 1.82) is 0 Å². The second-order valence-electron chi connectivity index (χ2n) is 8.06. The van der Waals surface area contributed by atoms with Crippen molar-refractivity contribution in [3.05, 3.63) is 23.8 Å². The lowest BCUT2D eigenvalue weighted by Gasteiger charge is -2.31. The number of sulfonamides is 1. The molecule has 0 bridgehead atoms. The fraction of sp³-hybridized carbons (Fsp3) is 0.632. The molecule has 1 aromatic rings. The summed E-state index contributed by atoms with van der Waals surface area (Å²) in [5, 5.41) is 0. The second-order valence-corrected chi connectivity index (χ2v) is 10.00. The van der Waals surface area contributed by atoms with E-state index in [-0.39, 0.29) is 10.8 Å². The maximum Gasteiger partial charge on any atom is 0.292 e. The SMILES string of the molecule is CN1CCN(S(=O)(=O)c2ccc3c(c2)C2(OCCO2)C(=O)N3CC2CC2)CC1. The van der Waals surface area contributed by atoms with Crippen molar-refractivity contribution in [1.82, 2.24) is 9.21 Å². The van der Waals surface area contributed by atoms with E-state index in [4.69, 9.17) is 9.47 Å². The smallest absolute Gasteiger partial charge is 0.292 e. The van der Waals surface area contributed by atoms with Gasteiger partial charge < -0.3 is 19.3 Å². The predicted molar refractivity (Wildman–Crippen MR) is 101 cm³/mol. The van der Waals surface area contributed by atoms with E-state index in [1.165, 1.54) is 4.31 Å². The van der Waals surface area contributed by atoms with E-state index in [0.29, 0.717) is 63.1 Å². The molecule has 28 heavy (non-hydrogen) atoms. The number of carbonyl (C=O) groups excluding carboxylic acids is 1.